The molecule has 2 heterocycles. The van der Waals surface area contributed by atoms with Crippen LogP contribution in [0.15, 0.2) is 24.4 Å². The molecule has 1 aliphatic carbocycles. The lowest BCUT2D eigenvalue weighted by Crippen LogP contribution is -2.40. The van der Waals surface area contributed by atoms with Gasteiger partial charge >= 0.3 is 0 Å². The van der Waals surface area contributed by atoms with Gasteiger partial charge in [0.25, 0.3) is 5.91 Å². The van der Waals surface area contributed by atoms with Gasteiger partial charge in [-0.15, -0.1) is 0 Å². The van der Waals surface area contributed by atoms with Crippen molar-refractivity contribution in [3.05, 3.63) is 35.7 Å². The zero-order valence-electron chi connectivity index (χ0n) is 11.7. The molecule has 20 heavy (non-hydrogen) atoms. The van der Waals surface area contributed by atoms with Crippen LogP contribution in [0.5, 0.6) is 0 Å². The molecule has 0 saturated carbocycles. The number of morpholine rings is 1. The summed E-state index contributed by atoms with van der Waals surface area (Å²) in [5, 5.41) is 0. The Morgan fingerprint density at radius 2 is 2.10 bits per heavy atom. The molecule has 3 rings (SSSR count). The van der Waals surface area contributed by atoms with E-state index in [1.54, 1.807) is 6.20 Å². The zero-order valence-corrected chi connectivity index (χ0v) is 11.7. The molecule has 0 N–H and O–H groups in total. The highest BCUT2D eigenvalue weighted by atomic mass is 16.5. The lowest BCUT2D eigenvalue weighted by molar-refractivity contribution is 0.0303. The number of carbonyl (C=O) groups excluding carboxylic acids is 1. The van der Waals surface area contributed by atoms with Crippen molar-refractivity contribution in [3.8, 4) is 0 Å². The molecule has 1 amide bonds. The highest BCUT2D eigenvalue weighted by Gasteiger charge is 2.19. The zero-order chi connectivity index (χ0) is 13.8. The van der Waals surface area contributed by atoms with E-state index in [4.69, 9.17) is 4.74 Å². The number of hydrogen-bond donors (Lipinski definition) is 0. The fourth-order valence-corrected chi connectivity index (χ4v) is 2.76. The largest absolute Gasteiger partial charge is 0.378 e. The van der Waals surface area contributed by atoms with Crippen LogP contribution in [0.2, 0.25) is 0 Å². The Morgan fingerprint density at radius 3 is 2.85 bits per heavy atom. The van der Waals surface area contributed by atoms with Crippen LogP contribution in [0.25, 0.3) is 5.57 Å². The first-order valence-electron chi connectivity index (χ1n) is 7.37. The summed E-state index contributed by atoms with van der Waals surface area (Å²) in [7, 11) is 0. The molecule has 1 aromatic rings. The van der Waals surface area contributed by atoms with Crippen molar-refractivity contribution in [2.75, 3.05) is 26.3 Å². The van der Waals surface area contributed by atoms with Gasteiger partial charge in [-0.2, -0.15) is 0 Å². The maximum Gasteiger partial charge on any atom is 0.254 e. The minimum atomic E-state index is 0.0911. The number of aromatic nitrogens is 1. The fraction of sp³-hybridized carbons (Fsp3) is 0.500. The van der Waals surface area contributed by atoms with Crippen LogP contribution in [-0.4, -0.2) is 42.1 Å². The van der Waals surface area contributed by atoms with E-state index in [0.29, 0.717) is 26.3 Å². The van der Waals surface area contributed by atoms with Crippen molar-refractivity contribution in [1.82, 2.24) is 9.88 Å². The molecule has 1 aliphatic heterocycles. The molecular formula is C16H20N2O2. The van der Waals surface area contributed by atoms with E-state index in [2.05, 4.69) is 11.1 Å². The van der Waals surface area contributed by atoms with E-state index < -0.39 is 0 Å². The molecule has 0 radical (unpaired) electrons. The van der Waals surface area contributed by atoms with E-state index in [-0.39, 0.29) is 5.91 Å². The molecule has 0 spiro atoms. The van der Waals surface area contributed by atoms with Crippen molar-refractivity contribution in [2.45, 2.75) is 25.7 Å². The molecule has 0 aromatic carbocycles. The number of pyridine rings is 1. The number of nitrogens with zero attached hydrogens (tertiary/aromatic N) is 2. The number of allylic oxidation sites excluding steroid dienone is 2. The quantitative estimate of drug-likeness (QED) is 0.830. The van der Waals surface area contributed by atoms with Crippen LogP contribution in [0.1, 0.15) is 41.7 Å². The van der Waals surface area contributed by atoms with Crippen molar-refractivity contribution in [1.29, 1.82) is 0 Å². The average molecular weight is 272 g/mol. The van der Waals surface area contributed by atoms with E-state index in [9.17, 15) is 4.79 Å². The van der Waals surface area contributed by atoms with Crippen molar-refractivity contribution >= 4 is 11.5 Å². The highest BCUT2D eigenvalue weighted by molar-refractivity contribution is 5.94. The third-order valence-electron chi connectivity index (χ3n) is 3.93. The molecule has 2 aliphatic rings. The number of carbonyl (C=O) groups is 1. The van der Waals surface area contributed by atoms with Gasteiger partial charge in [0.05, 0.1) is 18.9 Å². The van der Waals surface area contributed by atoms with E-state index in [0.717, 1.165) is 24.1 Å². The second-order valence-electron chi connectivity index (χ2n) is 5.31. The Balaban J connectivity index is 1.79. The SMILES string of the molecule is O=C(c1ccnc(C2=CCCCC2)c1)N1CCOCC1. The number of hydrogen-bond acceptors (Lipinski definition) is 3. The molecule has 0 bridgehead atoms. The van der Waals surface area contributed by atoms with E-state index in [1.165, 1.54) is 18.4 Å². The predicted molar refractivity (Wildman–Crippen MR) is 77.4 cm³/mol. The Bertz CT molecular complexity index is 519. The summed E-state index contributed by atoms with van der Waals surface area (Å²) in [4.78, 5) is 18.7. The number of ether oxygens (including phenoxy) is 1. The van der Waals surface area contributed by atoms with E-state index in [1.807, 2.05) is 17.0 Å². The highest BCUT2D eigenvalue weighted by Crippen LogP contribution is 2.25. The topological polar surface area (TPSA) is 42.4 Å². The van der Waals surface area contributed by atoms with Crippen molar-refractivity contribution in [3.63, 3.8) is 0 Å². The smallest absolute Gasteiger partial charge is 0.254 e. The van der Waals surface area contributed by atoms with Crippen molar-refractivity contribution in [2.24, 2.45) is 0 Å². The third-order valence-corrected chi connectivity index (χ3v) is 3.93. The third kappa shape index (κ3) is 2.90. The Labute approximate surface area is 119 Å². The van der Waals surface area contributed by atoms with Crippen LogP contribution >= 0.6 is 0 Å². The average Bonchev–Trinajstić information content (AvgIpc) is 2.56. The normalized spacial score (nSPS) is 19.6. The summed E-state index contributed by atoms with van der Waals surface area (Å²) in [6.45, 7) is 2.63. The van der Waals surface area contributed by atoms with Gasteiger partial charge in [-0.1, -0.05) is 6.08 Å². The van der Waals surface area contributed by atoms with Crippen LogP contribution in [0.3, 0.4) is 0 Å². The molecule has 4 nitrogen and oxygen atoms in total. The van der Waals surface area contributed by atoms with Gasteiger partial charge in [0, 0.05) is 24.8 Å². The van der Waals surface area contributed by atoms with Crippen LogP contribution in [0, 0.1) is 0 Å². The molecule has 1 saturated heterocycles. The van der Waals surface area contributed by atoms with Crippen LogP contribution in [-0.2, 0) is 4.74 Å². The molecular weight excluding hydrogens is 252 g/mol. The van der Waals surface area contributed by atoms with Gasteiger partial charge in [0.15, 0.2) is 0 Å². The van der Waals surface area contributed by atoms with Crippen LogP contribution < -0.4 is 0 Å². The van der Waals surface area contributed by atoms with Gasteiger partial charge < -0.3 is 9.64 Å². The summed E-state index contributed by atoms with van der Waals surface area (Å²) in [6, 6.07) is 3.75. The monoisotopic (exact) mass is 272 g/mol. The van der Waals surface area contributed by atoms with E-state index >= 15 is 0 Å². The first-order valence-corrected chi connectivity index (χ1v) is 7.37. The second kappa shape index (κ2) is 6.18. The first kappa shape index (κ1) is 13.3. The first-order chi connectivity index (χ1) is 9.84. The summed E-state index contributed by atoms with van der Waals surface area (Å²) < 4.78 is 5.29. The lowest BCUT2D eigenvalue weighted by atomic mass is 9.96. The Morgan fingerprint density at radius 1 is 1.25 bits per heavy atom. The summed E-state index contributed by atoms with van der Waals surface area (Å²) in [5.74, 6) is 0.0911. The molecule has 0 unspecified atom stereocenters. The summed E-state index contributed by atoms with van der Waals surface area (Å²) >= 11 is 0. The molecule has 1 aromatic heterocycles. The summed E-state index contributed by atoms with van der Waals surface area (Å²) in [5.41, 5.74) is 2.99. The maximum absolute atomic E-state index is 12.5. The minimum absolute atomic E-state index is 0.0911. The van der Waals surface area contributed by atoms with Crippen LogP contribution in [0.4, 0.5) is 0 Å². The summed E-state index contributed by atoms with van der Waals surface area (Å²) in [6.07, 6.45) is 8.68. The minimum Gasteiger partial charge on any atom is -0.378 e. The number of rotatable bonds is 2. The van der Waals surface area contributed by atoms with Gasteiger partial charge in [-0.05, 0) is 43.4 Å². The fourth-order valence-electron chi connectivity index (χ4n) is 2.76. The Kier molecular flexibility index (Phi) is 4.11. The molecule has 1 fully saturated rings. The molecule has 4 heteroatoms. The maximum atomic E-state index is 12.5. The van der Waals surface area contributed by atoms with Crippen molar-refractivity contribution < 1.29 is 9.53 Å². The van der Waals surface area contributed by atoms with Gasteiger partial charge in [0.1, 0.15) is 0 Å². The predicted octanol–water partition coefficient (Wildman–Crippen LogP) is 2.51. The standard InChI is InChI=1S/C16H20N2O2/c19-16(18-8-10-20-11-9-18)14-6-7-17-15(12-14)13-4-2-1-3-5-13/h4,6-7,12H,1-3,5,8-11H2. The molecule has 0 atom stereocenters. The second-order valence-corrected chi connectivity index (χ2v) is 5.31. The van der Waals surface area contributed by atoms with Gasteiger partial charge in [0.2, 0.25) is 0 Å². The number of amides is 1. The lowest BCUT2D eigenvalue weighted by Gasteiger charge is -2.27. The van der Waals surface area contributed by atoms with Gasteiger partial charge in [-0.3, -0.25) is 9.78 Å². The Hall–Kier alpha value is -1.68. The van der Waals surface area contributed by atoms with Gasteiger partial charge in [-0.25, -0.2) is 0 Å². The molecule has 106 valence electrons.